The summed E-state index contributed by atoms with van der Waals surface area (Å²) < 4.78 is 0. The zero-order valence-corrected chi connectivity index (χ0v) is 12.5. The van der Waals surface area contributed by atoms with Gasteiger partial charge in [0.15, 0.2) is 0 Å². The molecule has 1 aliphatic carbocycles. The average Bonchev–Trinajstić information content (AvgIpc) is 2.35. The van der Waals surface area contributed by atoms with E-state index < -0.39 is 5.60 Å². The molecule has 0 heterocycles. The largest absolute Gasteiger partial charge is 0.376 e. The Bertz CT molecular complexity index is 483. The molecule has 1 fully saturated rings. The lowest BCUT2D eigenvalue weighted by molar-refractivity contribution is -0.133. The first-order chi connectivity index (χ1) is 8.79. The third-order valence-corrected chi connectivity index (χ3v) is 4.72. The van der Waals surface area contributed by atoms with Crippen molar-refractivity contribution in [3.05, 3.63) is 35.9 Å². The highest BCUT2D eigenvalue weighted by Crippen LogP contribution is 2.53. The Balaban J connectivity index is 2.42. The van der Waals surface area contributed by atoms with E-state index in [4.69, 9.17) is 0 Å². The second-order valence-corrected chi connectivity index (χ2v) is 6.95. The quantitative estimate of drug-likeness (QED) is 0.695. The molecule has 0 amide bonds. The van der Waals surface area contributed by atoms with E-state index in [-0.39, 0.29) is 10.8 Å². The predicted octanol–water partition coefficient (Wildman–Crippen LogP) is 4.01. The Morgan fingerprint density at radius 3 is 2.00 bits per heavy atom. The number of benzene rings is 1. The molecule has 1 heteroatoms. The van der Waals surface area contributed by atoms with Gasteiger partial charge in [-0.05, 0) is 25.0 Å². The molecular weight excluding hydrogens is 232 g/mol. The summed E-state index contributed by atoms with van der Waals surface area (Å²) in [6.07, 6.45) is 3.21. The Labute approximate surface area is 117 Å². The van der Waals surface area contributed by atoms with Gasteiger partial charge in [0.05, 0.1) is 0 Å². The second kappa shape index (κ2) is 4.69. The molecule has 0 atom stereocenters. The molecule has 102 valence electrons. The molecule has 1 aromatic rings. The summed E-state index contributed by atoms with van der Waals surface area (Å²) in [6, 6.07) is 9.91. The fourth-order valence-corrected chi connectivity index (χ4v) is 3.27. The Hall–Kier alpha value is -1.26. The SMILES string of the molecule is CC1(C)CCCC(C)(C)C1(O)C#Cc1ccccc1. The van der Waals surface area contributed by atoms with Crippen LogP contribution in [0.15, 0.2) is 30.3 Å². The van der Waals surface area contributed by atoms with Gasteiger partial charge in [0.2, 0.25) is 0 Å². The molecule has 0 bridgehead atoms. The van der Waals surface area contributed by atoms with Crippen LogP contribution < -0.4 is 0 Å². The van der Waals surface area contributed by atoms with Crippen molar-refractivity contribution < 1.29 is 5.11 Å². The van der Waals surface area contributed by atoms with Crippen LogP contribution in [0.5, 0.6) is 0 Å². The lowest BCUT2D eigenvalue weighted by Gasteiger charge is -2.53. The number of hydrogen-bond acceptors (Lipinski definition) is 1. The molecular formula is C18H24O. The minimum atomic E-state index is -0.936. The standard InChI is InChI=1S/C18H24O/c1-16(2)12-8-13-17(3,4)18(16,19)14-11-15-9-6-5-7-10-15/h5-7,9-10,19H,8,12-13H2,1-4H3. The molecule has 0 spiro atoms. The smallest absolute Gasteiger partial charge is 0.135 e. The van der Waals surface area contributed by atoms with E-state index in [2.05, 4.69) is 39.5 Å². The molecule has 1 aliphatic rings. The maximum atomic E-state index is 11.2. The van der Waals surface area contributed by atoms with Crippen molar-refractivity contribution in [2.45, 2.75) is 52.6 Å². The van der Waals surface area contributed by atoms with Crippen LogP contribution in [0.1, 0.15) is 52.5 Å². The zero-order chi connectivity index (χ0) is 14.1. The van der Waals surface area contributed by atoms with Gasteiger partial charge in [-0.25, -0.2) is 0 Å². The van der Waals surface area contributed by atoms with E-state index >= 15 is 0 Å². The minimum Gasteiger partial charge on any atom is -0.376 e. The van der Waals surface area contributed by atoms with E-state index in [1.807, 2.05) is 30.3 Å². The van der Waals surface area contributed by atoms with Crippen LogP contribution in [0.2, 0.25) is 0 Å². The monoisotopic (exact) mass is 256 g/mol. The van der Waals surface area contributed by atoms with Gasteiger partial charge in [-0.3, -0.25) is 0 Å². The Kier molecular flexibility index (Phi) is 3.49. The predicted molar refractivity (Wildman–Crippen MR) is 79.7 cm³/mol. The van der Waals surface area contributed by atoms with E-state index in [0.717, 1.165) is 24.8 Å². The topological polar surface area (TPSA) is 20.2 Å². The summed E-state index contributed by atoms with van der Waals surface area (Å²) in [5.74, 6) is 6.37. The molecule has 1 saturated carbocycles. The van der Waals surface area contributed by atoms with Crippen molar-refractivity contribution >= 4 is 0 Å². The van der Waals surface area contributed by atoms with Crippen molar-refractivity contribution in [3.63, 3.8) is 0 Å². The van der Waals surface area contributed by atoms with Gasteiger partial charge in [0.1, 0.15) is 5.60 Å². The highest BCUT2D eigenvalue weighted by atomic mass is 16.3. The zero-order valence-electron chi connectivity index (χ0n) is 12.5. The molecule has 1 aromatic carbocycles. The lowest BCUT2D eigenvalue weighted by Crippen LogP contribution is -2.57. The van der Waals surface area contributed by atoms with E-state index in [1.54, 1.807) is 0 Å². The number of aliphatic hydroxyl groups is 1. The summed E-state index contributed by atoms with van der Waals surface area (Å²) in [6.45, 7) is 8.53. The van der Waals surface area contributed by atoms with Crippen molar-refractivity contribution in [1.82, 2.24) is 0 Å². The minimum absolute atomic E-state index is 0.170. The van der Waals surface area contributed by atoms with Crippen molar-refractivity contribution in [3.8, 4) is 11.8 Å². The van der Waals surface area contributed by atoms with Crippen LogP contribution in [0, 0.1) is 22.7 Å². The highest BCUT2D eigenvalue weighted by Gasteiger charge is 2.55. The van der Waals surface area contributed by atoms with Gasteiger partial charge >= 0.3 is 0 Å². The summed E-state index contributed by atoms with van der Waals surface area (Å²) >= 11 is 0. The second-order valence-electron chi connectivity index (χ2n) is 6.95. The molecule has 0 radical (unpaired) electrons. The molecule has 1 nitrogen and oxygen atoms in total. The van der Waals surface area contributed by atoms with Gasteiger partial charge in [-0.1, -0.05) is 64.2 Å². The van der Waals surface area contributed by atoms with Crippen LogP contribution in [0.3, 0.4) is 0 Å². The van der Waals surface area contributed by atoms with Crippen LogP contribution in [0.25, 0.3) is 0 Å². The number of rotatable bonds is 0. The normalized spacial score (nSPS) is 23.2. The third-order valence-electron chi connectivity index (χ3n) is 4.72. The van der Waals surface area contributed by atoms with Crippen LogP contribution >= 0.6 is 0 Å². The fourth-order valence-electron chi connectivity index (χ4n) is 3.27. The Morgan fingerprint density at radius 1 is 0.947 bits per heavy atom. The Morgan fingerprint density at radius 2 is 1.47 bits per heavy atom. The summed E-state index contributed by atoms with van der Waals surface area (Å²) in [5, 5.41) is 11.2. The van der Waals surface area contributed by atoms with Gasteiger partial charge < -0.3 is 5.11 Å². The van der Waals surface area contributed by atoms with Crippen LogP contribution in [-0.4, -0.2) is 10.7 Å². The molecule has 2 rings (SSSR count). The third kappa shape index (κ3) is 2.42. The van der Waals surface area contributed by atoms with Crippen molar-refractivity contribution in [1.29, 1.82) is 0 Å². The first kappa shape index (κ1) is 14.2. The van der Waals surface area contributed by atoms with Crippen molar-refractivity contribution in [2.75, 3.05) is 0 Å². The number of hydrogen-bond donors (Lipinski definition) is 1. The van der Waals surface area contributed by atoms with Gasteiger partial charge in [-0.2, -0.15) is 0 Å². The van der Waals surface area contributed by atoms with E-state index in [0.29, 0.717) is 0 Å². The van der Waals surface area contributed by atoms with Crippen molar-refractivity contribution in [2.24, 2.45) is 10.8 Å². The van der Waals surface area contributed by atoms with Gasteiger partial charge in [0, 0.05) is 16.4 Å². The molecule has 0 unspecified atom stereocenters. The van der Waals surface area contributed by atoms with Crippen LogP contribution in [0.4, 0.5) is 0 Å². The van der Waals surface area contributed by atoms with Gasteiger partial charge in [-0.15, -0.1) is 0 Å². The first-order valence-corrected chi connectivity index (χ1v) is 7.09. The highest BCUT2D eigenvalue weighted by molar-refractivity contribution is 5.38. The molecule has 19 heavy (non-hydrogen) atoms. The summed E-state index contributed by atoms with van der Waals surface area (Å²) in [5.41, 5.74) is -0.311. The fraction of sp³-hybridized carbons (Fsp3) is 0.556. The van der Waals surface area contributed by atoms with Crippen LogP contribution in [-0.2, 0) is 0 Å². The lowest BCUT2D eigenvalue weighted by atomic mass is 9.54. The van der Waals surface area contributed by atoms with E-state index in [1.165, 1.54) is 0 Å². The molecule has 0 saturated heterocycles. The summed E-state index contributed by atoms with van der Waals surface area (Å²) in [4.78, 5) is 0. The average molecular weight is 256 g/mol. The maximum absolute atomic E-state index is 11.2. The summed E-state index contributed by atoms with van der Waals surface area (Å²) in [7, 11) is 0. The van der Waals surface area contributed by atoms with Gasteiger partial charge in [0.25, 0.3) is 0 Å². The molecule has 0 aliphatic heterocycles. The first-order valence-electron chi connectivity index (χ1n) is 7.09. The van der Waals surface area contributed by atoms with E-state index in [9.17, 15) is 5.11 Å². The maximum Gasteiger partial charge on any atom is 0.135 e. The molecule has 1 N–H and O–H groups in total. The molecule has 0 aromatic heterocycles.